The van der Waals surface area contributed by atoms with Crippen LogP contribution < -0.4 is 9.47 Å². The quantitative estimate of drug-likeness (QED) is 0.509. The Morgan fingerprint density at radius 3 is 2.63 bits per heavy atom. The number of hydrogen-bond donors (Lipinski definition) is 0. The van der Waals surface area contributed by atoms with E-state index in [1.807, 2.05) is 0 Å². The second-order valence-electron chi connectivity index (χ2n) is 4.64. The number of carbonyl (C=O) groups excluding carboxylic acids is 1. The van der Waals surface area contributed by atoms with Gasteiger partial charge in [0.2, 0.25) is 0 Å². The fourth-order valence-electron chi connectivity index (χ4n) is 1.56. The monoisotopic (exact) mass is 266 g/mol. The molecule has 4 nitrogen and oxygen atoms in total. The van der Waals surface area contributed by atoms with Crippen LogP contribution in [0.2, 0.25) is 0 Å². The van der Waals surface area contributed by atoms with Crippen LogP contribution in [0.5, 0.6) is 11.5 Å². The van der Waals surface area contributed by atoms with Crippen molar-refractivity contribution in [2.45, 2.75) is 20.3 Å². The van der Waals surface area contributed by atoms with E-state index < -0.39 is 0 Å². The van der Waals surface area contributed by atoms with Gasteiger partial charge in [0.25, 0.3) is 0 Å². The van der Waals surface area contributed by atoms with Crippen LogP contribution >= 0.6 is 0 Å². The highest BCUT2D eigenvalue weighted by atomic mass is 16.5. The SMILES string of the molecule is COc1cccc(C=O)c1OCCOCCC(C)C. The summed E-state index contributed by atoms with van der Waals surface area (Å²) in [6.45, 7) is 5.95. The van der Waals surface area contributed by atoms with E-state index in [-0.39, 0.29) is 0 Å². The first-order valence-corrected chi connectivity index (χ1v) is 6.51. The molecule has 0 aromatic heterocycles. The molecule has 1 aromatic rings. The number of para-hydroxylation sites is 1. The molecule has 0 amide bonds. The lowest BCUT2D eigenvalue weighted by Gasteiger charge is -2.12. The summed E-state index contributed by atoms with van der Waals surface area (Å²) in [6, 6.07) is 5.22. The molecule has 0 saturated heterocycles. The highest BCUT2D eigenvalue weighted by molar-refractivity contribution is 5.81. The number of methoxy groups -OCH3 is 1. The van der Waals surface area contributed by atoms with Gasteiger partial charge in [0.15, 0.2) is 17.8 Å². The van der Waals surface area contributed by atoms with Crippen LogP contribution in [-0.4, -0.2) is 33.2 Å². The molecular weight excluding hydrogens is 244 g/mol. The molecule has 4 heteroatoms. The lowest BCUT2D eigenvalue weighted by atomic mass is 10.1. The molecule has 106 valence electrons. The fourth-order valence-corrected chi connectivity index (χ4v) is 1.56. The van der Waals surface area contributed by atoms with Gasteiger partial charge in [-0.15, -0.1) is 0 Å². The summed E-state index contributed by atoms with van der Waals surface area (Å²) >= 11 is 0. The third-order valence-corrected chi connectivity index (χ3v) is 2.67. The van der Waals surface area contributed by atoms with Crippen LogP contribution in [0.4, 0.5) is 0 Å². The van der Waals surface area contributed by atoms with Crippen LogP contribution in [0.1, 0.15) is 30.6 Å². The van der Waals surface area contributed by atoms with Crippen LogP contribution in [0.25, 0.3) is 0 Å². The number of hydrogen-bond acceptors (Lipinski definition) is 4. The third kappa shape index (κ3) is 5.30. The fraction of sp³-hybridized carbons (Fsp3) is 0.533. The Morgan fingerprint density at radius 2 is 2.00 bits per heavy atom. The summed E-state index contributed by atoms with van der Waals surface area (Å²) in [5.41, 5.74) is 0.488. The van der Waals surface area contributed by atoms with Crippen molar-refractivity contribution < 1.29 is 19.0 Å². The van der Waals surface area contributed by atoms with Gasteiger partial charge in [-0.3, -0.25) is 4.79 Å². The van der Waals surface area contributed by atoms with E-state index in [0.717, 1.165) is 19.3 Å². The summed E-state index contributed by atoms with van der Waals surface area (Å²) < 4.78 is 16.2. The Bertz CT molecular complexity index is 388. The zero-order chi connectivity index (χ0) is 14.1. The molecule has 0 saturated carbocycles. The number of carbonyl (C=O) groups is 1. The maximum Gasteiger partial charge on any atom is 0.171 e. The van der Waals surface area contributed by atoms with Crippen LogP contribution in [0, 0.1) is 5.92 Å². The van der Waals surface area contributed by atoms with Gasteiger partial charge >= 0.3 is 0 Å². The molecule has 0 fully saturated rings. The highest BCUT2D eigenvalue weighted by Gasteiger charge is 2.09. The zero-order valence-electron chi connectivity index (χ0n) is 11.8. The first-order valence-electron chi connectivity index (χ1n) is 6.51. The Kier molecular flexibility index (Phi) is 6.97. The smallest absolute Gasteiger partial charge is 0.171 e. The molecule has 0 heterocycles. The zero-order valence-corrected chi connectivity index (χ0v) is 11.8. The van der Waals surface area contributed by atoms with Crippen LogP contribution in [0.3, 0.4) is 0 Å². The molecule has 0 unspecified atom stereocenters. The van der Waals surface area contributed by atoms with Crippen LogP contribution in [-0.2, 0) is 4.74 Å². The molecule has 1 rings (SSSR count). The largest absolute Gasteiger partial charge is 0.493 e. The minimum absolute atomic E-state index is 0.402. The number of ether oxygens (including phenoxy) is 3. The van der Waals surface area contributed by atoms with Gasteiger partial charge in [-0.2, -0.15) is 0 Å². The normalized spacial score (nSPS) is 10.5. The summed E-state index contributed by atoms with van der Waals surface area (Å²) in [7, 11) is 1.55. The minimum Gasteiger partial charge on any atom is -0.493 e. The van der Waals surface area contributed by atoms with E-state index in [1.54, 1.807) is 25.3 Å². The first kappa shape index (κ1) is 15.5. The molecule has 19 heavy (non-hydrogen) atoms. The topological polar surface area (TPSA) is 44.8 Å². The minimum atomic E-state index is 0.402. The molecule has 0 spiro atoms. The number of benzene rings is 1. The molecular formula is C15H22O4. The lowest BCUT2D eigenvalue weighted by molar-refractivity contribution is 0.0907. The number of rotatable bonds is 9. The maximum absolute atomic E-state index is 10.9. The van der Waals surface area contributed by atoms with Gasteiger partial charge in [0, 0.05) is 6.61 Å². The first-order chi connectivity index (χ1) is 9.19. The molecule has 0 radical (unpaired) electrons. The van der Waals surface area contributed by atoms with E-state index in [4.69, 9.17) is 14.2 Å². The number of aldehydes is 1. The Morgan fingerprint density at radius 1 is 1.21 bits per heavy atom. The standard InChI is InChI=1S/C15H22O4/c1-12(2)7-8-18-9-10-19-15-13(11-16)5-4-6-14(15)17-3/h4-6,11-12H,7-10H2,1-3H3. The molecule has 0 bridgehead atoms. The van der Waals surface area contributed by atoms with E-state index in [9.17, 15) is 4.79 Å². The average molecular weight is 266 g/mol. The Hall–Kier alpha value is -1.55. The van der Waals surface area contributed by atoms with Crippen molar-refractivity contribution in [1.82, 2.24) is 0 Å². The molecule has 0 aliphatic rings. The predicted octanol–water partition coefficient (Wildman–Crippen LogP) is 2.95. The van der Waals surface area contributed by atoms with E-state index in [0.29, 0.717) is 36.2 Å². The second-order valence-corrected chi connectivity index (χ2v) is 4.64. The molecule has 0 aliphatic carbocycles. The van der Waals surface area contributed by atoms with Crippen molar-refractivity contribution >= 4 is 6.29 Å². The van der Waals surface area contributed by atoms with Crippen LogP contribution in [0.15, 0.2) is 18.2 Å². The van der Waals surface area contributed by atoms with Gasteiger partial charge < -0.3 is 14.2 Å². The Balaban J connectivity index is 2.42. The van der Waals surface area contributed by atoms with Gasteiger partial charge in [0.05, 0.1) is 19.3 Å². The molecule has 0 N–H and O–H groups in total. The van der Waals surface area contributed by atoms with Gasteiger partial charge in [-0.05, 0) is 24.5 Å². The predicted molar refractivity (Wildman–Crippen MR) is 74.2 cm³/mol. The maximum atomic E-state index is 10.9. The molecule has 1 aromatic carbocycles. The average Bonchev–Trinajstić information content (AvgIpc) is 2.42. The summed E-state index contributed by atoms with van der Waals surface area (Å²) in [5.74, 6) is 1.68. The van der Waals surface area contributed by atoms with Gasteiger partial charge in [0.1, 0.15) is 6.61 Å². The van der Waals surface area contributed by atoms with Crippen molar-refractivity contribution in [3.63, 3.8) is 0 Å². The summed E-state index contributed by atoms with van der Waals surface area (Å²) in [6.07, 6.45) is 1.80. The van der Waals surface area contributed by atoms with E-state index in [2.05, 4.69) is 13.8 Å². The summed E-state index contributed by atoms with van der Waals surface area (Å²) in [5, 5.41) is 0. The highest BCUT2D eigenvalue weighted by Crippen LogP contribution is 2.29. The third-order valence-electron chi connectivity index (χ3n) is 2.67. The molecule has 0 aliphatic heterocycles. The van der Waals surface area contributed by atoms with Crippen molar-refractivity contribution in [3.8, 4) is 11.5 Å². The second kappa shape index (κ2) is 8.53. The van der Waals surface area contributed by atoms with Gasteiger partial charge in [-0.25, -0.2) is 0 Å². The van der Waals surface area contributed by atoms with E-state index in [1.165, 1.54) is 0 Å². The van der Waals surface area contributed by atoms with E-state index >= 15 is 0 Å². The molecule has 0 atom stereocenters. The lowest BCUT2D eigenvalue weighted by Crippen LogP contribution is -2.10. The van der Waals surface area contributed by atoms with Crippen molar-refractivity contribution in [3.05, 3.63) is 23.8 Å². The van der Waals surface area contributed by atoms with Crippen molar-refractivity contribution in [2.75, 3.05) is 26.9 Å². The summed E-state index contributed by atoms with van der Waals surface area (Å²) in [4.78, 5) is 10.9. The van der Waals surface area contributed by atoms with Gasteiger partial charge in [-0.1, -0.05) is 19.9 Å². The Labute approximate surface area is 114 Å². The van der Waals surface area contributed by atoms with Crippen molar-refractivity contribution in [1.29, 1.82) is 0 Å². The van der Waals surface area contributed by atoms with Crippen molar-refractivity contribution in [2.24, 2.45) is 5.92 Å².